The lowest BCUT2D eigenvalue weighted by molar-refractivity contribution is 0.101. The Balaban J connectivity index is 2.21. The van der Waals surface area contributed by atoms with Gasteiger partial charge in [0, 0.05) is 6.07 Å². The van der Waals surface area contributed by atoms with Gasteiger partial charge in [-0.15, -0.1) is 5.10 Å². The SMILES string of the molecule is Nc1n[nH]c(C(=O)Nc2cc(F)ccc2F)n1. The van der Waals surface area contributed by atoms with Crippen molar-refractivity contribution >= 4 is 17.5 Å². The summed E-state index contributed by atoms with van der Waals surface area (Å²) in [6.45, 7) is 0. The van der Waals surface area contributed by atoms with Crippen LogP contribution in [0, 0.1) is 11.6 Å². The van der Waals surface area contributed by atoms with Crippen LogP contribution >= 0.6 is 0 Å². The van der Waals surface area contributed by atoms with Gasteiger partial charge in [0.1, 0.15) is 11.6 Å². The van der Waals surface area contributed by atoms with Gasteiger partial charge in [0.2, 0.25) is 11.8 Å². The van der Waals surface area contributed by atoms with Gasteiger partial charge in [0.15, 0.2) is 0 Å². The topological polar surface area (TPSA) is 96.7 Å². The van der Waals surface area contributed by atoms with Crippen molar-refractivity contribution in [1.29, 1.82) is 0 Å². The van der Waals surface area contributed by atoms with Gasteiger partial charge in [0.25, 0.3) is 5.91 Å². The molecule has 1 aromatic carbocycles. The van der Waals surface area contributed by atoms with Gasteiger partial charge in [-0.05, 0) is 12.1 Å². The van der Waals surface area contributed by atoms with Crippen LogP contribution < -0.4 is 11.1 Å². The molecular formula is C9H7F2N5O. The van der Waals surface area contributed by atoms with Gasteiger partial charge in [-0.25, -0.2) is 8.78 Å². The van der Waals surface area contributed by atoms with Crippen LogP contribution in [-0.4, -0.2) is 21.1 Å². The van der Waals surface area contributed by atoms with E-state index in [4.69, 9.17) is 5.73 Å². The van der Waals surface area contributed by atoms with Crippen molar-refractivity contribution in [3.63, 3.8) is 0 Å². The summed E-state index contributed by atoms with van der Waals surface area (Å²) < 4.78 is 26.0. The molecule has 8 heteroatoms. The van der Waals surface area contributed by atoms with Crippen molar-refractivity contribution in [1.82, 2.24) is 15.2 Å². The molecule has 88 valence electrons. The zero-order valence-corrected chi connectivity index (χ0v) is 8.37. The third-order valence-corrected chi connectivity index (χ3v) is 1.89. The van der Waals surface area contributed by atoms with E-state index in [1.807, 2.05) is 0 Å². The highest BCUT2D eigenvalue weighted by atomic mass is 19.1. The normalized spacial score (nSPS) is 10.2. The molecule has 0 radical (unpaired) electrons. The quantitative estimate of drug-likeness (QED) is 0.725. The van der Waals surface area contributed by atoms with Gasteiger partial charge < -0.3 is 11.1 Å². The molecule has 0 unspecified atom stereocenters. The Hall–Kier alpha value is -2.51. The Kier molecular flexibility index (Phi) is 2.69. The van der Waals surface area contributed by atoms with Crippen LogP contribution in [0.5, 0.6) is 0 Å². The standard InChI is InChI=1S/C9H7F2N5O/c10-4-1-2-5(11)6(3-4)13-8(17)7-14-9(12)16-15-7/h1-3H,(H,13,17)(H3,12,14,15,16). The number of carbonyl (C=O) groups is 1. The van der Waals surface area contributed by atoms with E-state index in [-0.39, 0.29) is 17.5 Å². The fourth-order valence-corrected chi connectivity index (χ4v) is 1.15. The number of carbonyl (C=O) groups excluding carboxylic acids is 1. The molecule has 1 heterocycles. The number of nitrogens with two attached hydrogens (primary N) is 1. The molecule has 0 saturated carbocycles. The molecule has 4 N–H and O–H groups in total. The second-order valence-corrected chi connectivity index (χ2v) is 3.12. The van der Waals surface area contributed by atoms with Crippen molar-refractivity contribution in [2.45, 2.75) is 0 Å². The molecule has 1 amide bonds. The molecule has 0 spiro atoms. The number of benzene rings is 1. The first-order chi connectivity index (χ1) is 8.06. The van der Waals surface area contributed by atoms with Crippen LogP contribution in [0.3, 0.4) is 0 Å². The molecule has 17 heavy (non-hydrogen) atoms. The molecule has 0 aliphatic carbocycles. The minimum atomic E-state index is -0.765. The van der Waals surface area contributed by atoms with Gasteiger partial charge >= 0.3 is 0 Å². The fourth-order valence-electron chi connectivity index (χ4n) is 1.15. The highest BCUT2D eigenvalue weighted by Gasteiger charge is 2.13. The minimum Gasteiger partial charge on any atom is -0.366 e. The predicted octanol–water partition coefficient (Wildman–Crippen LogP) is 0.917. The highest BCUT2D eigenvalue weighted by Crippen LogP contribution is 2.15. The predicted molar refractivity (Wildman–Crippen MR) is 55.1 cm³/mol. The minimum absolute atomic E-state index is 0.116. The summed E-state index contributed by atoms with van der Waals surface area (Å²) in [5.74, 6) is -2.49. The summed E-state index contributed by atoms with van der Waals surface area (Å²) in [4.78, 5) is 15.0. The molecule has 0 aliphatic rings. The second-order valence-electron chi connectivity index (χ2n) is 3.12. The van der Waals surface area contributed by atoms with E-state index < -0.39 is 17.5 Å². The zero-order valence-electron chi connectivity index (χ0n) is 8.37. The van der Waals surface area contributed by atoms with Crippen LogP contribution in [0.25, 0.3) is 0 Å². The molecule has 0 saturated heterocycles. The van der Waals surface area contributed by atoms with Crippen molar-refractivity contribution < 1.29 is 13.6 Å². The van der Waals surface area contributed by atoms with E-state index in [0.29, 0.717) is 0 Å². The smallest absolute Gasteiger partial charge is 0.293 e. The lowest BCUT2D eigenvalue weighted by Crippen LogP contribution is -2.15. The number of hydrogen-bond donors (Lipinski definition) is 3. The third kappa shape index (κ3) is 2.36. The number of hydrogen-bond acceptors (Lipinski definition) is 4. The first-order valence-corrected chi connectivity index (χ1v) is 4.50. The number of nitrogen functional groups attached to an aromatic ring is 1. The number of amides is 1. The Morgan fingerprint density at radius 2 is 2.18 bits per heavy atom. The monoisotopic (exact) mass is 239 g/mol. The Labute approximate surface area is 93.9 Å². The van der Waals surface area contributed by atoms with Gasteiger partial charge in [-0.2, -0.15) is 4.98 Å². The Morgan fingerprint density at radius 3 is 2.82 bits per heavy atom. The molecule has 1 aromatic heterocycles. The number of aromatic amines is 1. The maximum absolute atomic E-state index is 13.2. The fraction of sp³-hybridized carbons (Fsp3) is 0. The maximum atomic E-state index is 13.2. The van der Waals surface area contributed by atoms with Crippen molar-refractivity contribution in [3.05, 3.63) is 35.7 Å². The maximum Gasteiger partial charge on any atom is 0.293 e. The number of halogens is 2. The molecule has 0 fully saturated rings. The molecule has 2 aromatic rings. The molecule has 2 rings (SSSR count). The molecule has 0 aliphatic heterocycles. The Morgan fingerprint density at radius 1 is 1.41 bits per heavy atom. The van der Waals surface area contributed by atoms with Gasteiger partial charge in [-0.3, -0.25) is 9.89 Å². The van der Waals surface area contributed by atoms with Crippen LogP contribution in [0.2, 0.25) is 0 Å². The van der Waals surface area contributed by atoms with Crippen LogP contribution in [0.1, 0.15) is 10.6 Å². The molecule has 0 atom stereocenters. The van der Waals surface area contributed by atoms with E-state index in [1.54, 1.807) is 0 Å². The number of rotatable bonds is 2. The molecule has 6 nitrogen and oxygen atoms in total. The van der Waals surface area contributed by atoms with E-state index >= 15 is 0 Å². The van der Waals surface area contributed by atoms with E-state index in [2.05, 4.69) is 20.5 Å². The second kappa shape index (κ2) is 4.16. The first kappa shape index (κ1) is 11.0. The van der Waals surface area contributed by atoms with Crippen molar-refractivity contribution in [2.75, 3.05) is 11.1 Å². The van der Waals surface area contributed by atoms with Crippen molar-refractivity contribution in [3.8, 4) is 0 Å². The van der Waals surface area contributed by atoms with Crippen molar-refractivity contribution in [2.24, 2.45) is 0 Å². The summed E-state index contributed by atoms with van der Waals surface area (Å²) in [6, 6.07) is 2.70. The molecular weight excluding hydrogens is 232 g/mol. The summed E-state index contributed by atoms with van der Waals surface area (Å²) in [5, 5.41) is 7.81. The average Bonchev–Trinajstić information content (AvgIpc) is 2.70. The summed E-state index contributed by atoms with van der Waals surface area (Å²) in [7, 11) is 0. The lowest BCUT2D eigenvalue weighted by Gasteiger charge is -2.03. The summed E-state index contributed by atoms with van der Waals surface area (Å²) >= 11 is 0. The van der Waals surface area contributed by atoms with E-state index in [0.717, 1.165) is 18.2 Å². The van der Waals surface area contributed by atoms with E-state index in [1.165, 1.54) is 0 Å². The third-order valence-electron chi connectivity index (χ3n) is 1.89. The van der Waals surface area contributed by atoms with Crippen LogP contribution in [-0.2, 0) is 0 Å². The lowest BCUT2D eigenvalue weighted by atomic mass is 10.3. The number of aromatic nitrogens is 3. The van der Waals surface area contributed by atoms with Gasteiger partial charge in [0.05, 0.1) is 5.69 Å². The number of nitrogens with one attached hydrogen (secondary N) is 2. The zero-order chi connectivity index (χ0) is 12.4. The largest absolute Gasteiger partial charge is 0.366 e. The van der Waals surface area contributed by atoms with Crippen LogP contribution in [0.15, 0.2) is 18.2 Å². The highest BCUT2D eigenvalue weighted by molar-refractivity contribution is 6.01. The average molecular weight is 239 g/mol. The summed E-state index contributed by atoms with van der Waals surface area (Å²) in [6.07, 6.45) is 0. The Bertz CT molecular complexity index is 568. The summed E-state index contributed by atoms with van der Waals surface area (Å²) in [5.41, 5.74) is 4.91. The molecule has 0 bridgehead atoms. The van der Waals surface area contributed by atoms with Crippen LogP contribution in [0.4, 0.5) is 20.4 Å². The first-order valence-electron chi connectivity index (χ1n) is 4.50. The van der Waals surface area contributed by atoms with Gasteiger partial charge in [-0.1, -0.05) is 0 Å². The van der Waals surface area contributed by atoms with E-state index in [9.17, 15) is 13.6 Å². The number of nitrogens with zero attached hydrogens (tertiary/aromatic N) is 2. The number of H-pyrrole nitrogens is 1. The number of anilines is 2.